The molecule has 1 aromatic heterocycles. The topological polar surface area (TPSA) is 51.8 Å². The zero-order valence-electron chi connectivity index (χ0n) is 7.87. The Hall–Kier alpha value is -1.26. The van der Waals surface area contributed by atoms with Crippen LogP contribution in [0.3, 0.4) is 0 Å². The summed E-state index contributed by atoms with van der Waals surface area (Å²) in [5.41, 5.74) is 5.63. The van der Waals surface area contributed by atoms with Gasteiger partial charge in [0.15, 0.2) is 0 Å². The fraction of sp³-hybridized carbons (Fsp3) is 0.200. The fourth-order valence-corrected chi connectivity index (χ4v) is 1.61. The van der Waals surface area contributed by atoms with Gasteiger partial charge in [-0.2, -0.15) is 0 Å². The average molecular weight is 226 g/mol. The molecule has 5 heteroatoms. The van der Waals surface area contributed by atoms with Gasteiger partial charge in [0, 0.05) is 11.8 Å². The van der Waals surface area contributed by atoms with Crippen molar-refractivity contribution in [2.24, 2.45) is 5.73 Å². The Kier molecular flexibility index (Phi) is 2.79. The number of nitrogens with two attached hydrogens (primary N) is 1. The van der Waals surface area contributed by atoms with E-state index in [0.717, 1.165) is 0 Å². The first-order valence-corrected chi connectivity index (χ1v) is 4.91. The van der Waals surface area contributed by atoms with E-state index >= 15 is 0 Å². The van der Waals surface area contributed by atoms with Gasteiger partial charge in [0.2, 0.25) is 0 Å². The van der Waals surface area contributed by atoms with Crippen molar-refractivity contribution in [1.82, 2.24) is 9.97 Å². The molecule has 0 saturated carbocycles. The van der Waals surface area contributed by atoms with Crippen LogP contribution >= 0.6 is 11.6 Å². The third-order valence-electron chi connectivity index (χ3n) is 2.05. The number of halogens is 2. The third-order valence-corrected chi connectivity index (χ3v) is 2.33. The van der Waals surface area contributed by atoms with E-state index in [4.69, 9.17) is 17.3 Å². The highest BCUT2D eigenvalue weighted by Crippen LogP contribution is 2.22. The lowest BCUT2D eigenvalue weighted by Crippen LogP contribution is -2.07. The van der Waals surface area contributed by atoms with Crippen LogP contribution in [0, 0.1) is 5.82 Å². The molecule has 0 amide bonds. The molecule has 0 fully saturated rings. The molecular weight excluding hydrogens is 217 g/mol. The third kappa shape index (κ3) is 1.91. The molecule has 78 valence electrons. The number of benzene rings is 1. The quantitative estimate of drug-likeness (QED) is 0.795. The lowest BCUT2D eigenvalue weighted by molar-refractivity contribution is 0.635. The van der Waals surface area contributed by atoms with Crippen LogP contribution in [0.1, 0.15) is 5.82 Å². The molecule has 0 aliphatic heterocycles. The Morgan fingerprint density at radius 1 is 1.33 bits per heavy atom. The molecule has 2 rings (SSSR count). The SMILES string of the molecule is NCCc1nc(Cl)c2cccc(F)c2n1. The Morgan fingerprint density at radius 3 is 2.87 bits per heavy atom. The van der Waals surface area contributed by atoms with Crippen LogP contribution in [0.4, 0.5) is 4.39 Å². The highest BCUT2D eigenvalue weighted by atomic mass is 35.5. The summed E-state index contributed by atoms with van der Waals surface area (Å²) in [6.07, 6.45) is 0.490. The van der Waals surface area contributed by atoms with Gasteiger partial charge in [-0.1, -0.05) is 17.7 Å². The molecule has 2 N–H and O–H groups in total. The Balaban J connectivity index is 2.68. The molecule has 2 aromatic rings. The summed E-state index contributed by atoms with van der Waals surface area (Å²) in [7, 11) is 0. The molecule has 1 heterocycles. The minimum absolute atomic E-state index is 0.251. The van der Waals surface area contributed by atoms with Gasteiger partial charge in [-0.05, 0) is 18.7 Å². The first-order valence-electron chi connectivity index (χ1n) is 4.53. The van der Waals surface area contributed by atoms with Gasteiger partial charge in [0.05, 0.1) is 0 Å². The number of nitrogens with zero attached hydrogens (tertiary/aromatic N) is 2. The van der Waals surface area contributed by atoms with Crippen molar-refractivity contribution in [3.8, 4) is 0 Å². The van der Waals surface area contributed by atoms with Crippen molar-refractivity contribution in [2.75, 3.05) is 6.54 Å². The van der Waals surface area contributed by atoms with Gasteiger partial charge < -0.3 is 5.73 Å². The molecule has 0 spiro atoms. The van der Waals surface area contributed by atoms with E-state index in [1.807, 2.05) is 0 Å². The molecular formula is C10H9ClFN3. The number of hydrogen-bond donors (Lipinski definition) is 1. The molecule has 0 saturated heterocycles. The molecule has 0 radical (unpaired) electrons. The molecule has 0 unspecified atom stereocenters. The van der Waals surface area contributed by atoms with Crippen LogP contribution in [0.25, 0.3) is 10.9 Å². The summed E-state index contributed by atoms with van der Waals surface area (Å²) in [4.78, 5) is 8.11. The van der Waals surface area contributed by atoms with E-state index in [0.29, 0.717) is 24.2 Å². The zero-order valence-corrected chi connectivity index (χ0v) is 8.63. The van der Waals surface area contributed by atoms with Gasteiger partial charge in [0.1, 0.15) is 22.3 Å². The summed E-state index contributed by atoms with van der Waals surface area (Å²) >= 11 is 5.91. The number of fused-ring (bicyclic) bond motifs is 1. The number of hydrogen-bond acceptors (Lipinski definition) is 3. The zero-order chi connectivity index (χ0) is 10.8. The van der Waals surface area contributed by atoms with Crippen molar-refractivity contribution >= 4 is 22.5 Å². The second-order valence-corrected chi connectivity index (χ2v) is 3.46. The minimum atomic E-state index is -0.393. The van der Waals surface area contributed by atoms with Crippen LogP contribution in [-0.2, 0) is 6.42 Å². The number of rotatable bonds is 2. The lowest BCUT2D eigenvalue weighted by atomic mass is 10.2. The standard InChI is InChI=1S/C10H9ClFN3/c11-10-6-2-1-3-7(12)9(6)14-8(15-10)4-5-13/h1-3H,4-5,13H2. The smallest absolute Gasteiger partial charge is 0.149 e. The second kappa shape index (κ2) is 4.08. The minimum Gasteiger partial charge on any atom is -0.330 e. The molecule has 0 bridgehead atoms. The first-order chi connectivity index (χ1) is 7.22. The van der Waals surface area contributed by atoms with Crippen LogP contribution < -0.4 is 5.73 Å². The average Bonchev–Trinajstić information content (AvgIpc) is 2.20. The summed E-state index contributed by atoms with van der Waals surface area (Å²) in [6, 6.07) is 4.61. The van der Waals surface area contributed by atoms with E-state index in [1.165, 1.54) is 6.07 Å². The van der Waals surface area contributed by atoms with E-state index in [9.17, 15) is 4.39 Å². The summed E-state index contributed by atoms with van der Waals surface area (Å²) in [5.74, 6) is 0.0789. The molecule has 0 atom stereocenters. The first kappa shape index (κ1) is 10.3. The van der Waals surface area contributed by atoms with Gasteiger partial charge in [0.25, 0.3) is 0 Å². The van der Waals surface area contributed by atoms with Crippen molar-refractivity contribution in [3.63, 3.8) is 0 Å². The highest BCUT2D eigenvalue weighted by molar-refractivity contribution is 6.34. The van der Waals surface area contributed by atoms with Gasteiger partial charge >= 0.3 is 0 Å². The van der Waals surface area contributed by atoms with E-state index in [1.54, 1.807) is 12.1 Å². The Labute approximate surface area is 91.1 Å². The van der Waals surface area contributed by atoms with Crippen LogP contribution in [-0.4, -0.2) is 16.5 Å². The summed E-state index contributed by atoms with van der Waals surface area (Å²) < 4.78 is 13.4. The monoisotopic (exact) mass is 225 g/mol. The predicted octanol–water partition coefficient (Wildman–Crippen LogP) is 1.92. The second-order valence-electron chi connectivity index (χ2n) is 3.11. The van der Waals surface area contributed by atoms with Gasteiger partial charge in [-0.25, -0.2) is 14.4 Å². The normalized spacial score (nSPS) is 10.9. The summed E-state index contributed by atoms with van der Waals surface area (Å²) in [6.45, 7) is 0.413. The maximum absolute atomic E-state index is 13.4. The molecule has 0 aliphatic rings. The van der Waals surface area contributed by atoms with Crippen molar-refractivity contribution in [3.05, 3.63) is 35.0 Å². The molecule has 0 aliphatic carbocycles. The van der Waals surface area contributed by atoms with Gasteiger partial charge in [-0.3, -0.25) is 0 Å². The Bertz CT molecular complexity index is 501. The van der Waals surface area contributed by atoms with E-state index < -0.39 is 5.82 Å². The van der Waals surface area contributed by atoms with Crippen LogP contribution in [0.5, 0.6) is 0 Å². The largest absolute Gasteiger partial charge is 0.330 e. The molecule has 1 aromatic carbocycles. The highest BCUT2D eigenvalue weighted by Gasteiger charge is 2.08. The lowest BCUT2D eigenvalue weighted by Gasteiger charge is -2.03. The van der Waals surface area contributed by atoms with Crippen molar-refractivity contribution in [2.45, 2.75) is 6.42 Å². The predicted molar refractivity (Wildman–Crippen MR) is 57.3 cm³/mol. The molecule has 15 heavy (non-hydrogen) atoms. The molecule has 3 nitrogen and oxygen atoms in total. The van der Waals surface area contributed by atoms with E-state index in [-0.39, 0.29) is 10.7 Å². The fourth-order valence-electron chi connectivity index (χ4n) is 1.36. The van der Waals surface area contributed by atoms with Crippen molar-refractivity contribution in [1.29, 1.82) is 0 Å². The van der Waals surface area contributed by atoms with Gasteiger partial charge in [-0.15, -0.1) is 0 Å². The maximum Gasteiger partial charge on any atom is 0.149 e. The van der Waals surface area contributed by atoms with Crippen LogP contribution in [0.15, 0.2) is 18.2 Å². The van der Waals surface area contributed by atoms with Crippen LogP contribution in [0.2, 0.25) is 5.15 Å². The van der Waals surface area contributed by atoms with Crippen molar-refractivity contribution < 1.29 is 4.39 Å². The Morgan fingerprint density at radius 2 is 2.13 bits per heavy atom. The maximum atomic E-state index is 13.4. The number of para-hydroxylation sites is 1. The number of aromatic nitrogens is 2. The summed E-state index contributed by atoms with van der Waals surface area (Å²) in [5, 5.41) is 0.792. The van der Waals surface area contributed by atoms with E-state index in [2.05, 4.69) is 9.97 Å².